The second-order valence-corrected chi connectivity index (χ2v) is 6.43. The van der Waals surface area contributed by atoms with E-state index in [-0.39, 0.29) is 5.91 Å². The van der Waals surface area contributed by atoms with E-state index in [4.69, 9.17) is 4.42 Å². The van der Waals surface area contributed by atoms with E-state index in [9.17, 15) is 4.79 Å². The van der Waals surface area contributed by atoms with Gasteiger partial charge in [-0.05, 0) is 43.0 Å². The van der Waals surface area contributed by atoms with Crippen LogP contribution >= 0.6 is 15.9 Å². The van der Waals surface area contributed by atoms with E-state index in [0.717, 1.165) is 34.4 Å². The normalized spacial score (nSPS) is 16.9. The second kappa shape index (κ2) is 6.97. The van der Waals surface area contributed by atoms with Gasteiger partial charge in [0.05, 0.1) is 6.54 Å². The van der Waals surface area contributed by atoms with Crippen LogP contribution in [-0.2, 0) is 11.3 Å². The summed E-state index contributed by atoms with van der Waals surface area (Å²) >= 11 is 3.42. The topological polar surface area (TPSA) is 42.2 Å². The fourth-order valence-electron chi connectivity index (χ4n) is 2.60. The molecule has 1 aromatic carbocycles. The Bertz CT molecular complexity index is 673. The average Bonchev–Trinajstić information content (AvgIpc) is 3.17. The molecule has 0 saturated carbocycles. The van der Waals surface area contributed by atoms with E-state index in [1.807, 2.05) is 36.4 Å². The first kappa shape index (κ1) is 15.1. The zero-order valence-corrected chi connectivity index (χ0v) is 13.8. The number of furan rings is 1. The molecule has 22 heavy (non-hydrogen) atoms. The minimum absolute atomic E-state index is 0.0816. The summed E-state index contributed by atoms with van der Waals surface area (Å²) in [6.07, 6.45) is 7.03. The number of halogens is 1. The number of benzene rings is 1. The molecule has 0 fully saturated rings. The lowest BCUT2D eigenvalue weighted by molar-refractivity contribution is -0.121. The number of carbonyl (C=O) groups is 1. The van der Waals surface area contributed by atoms with Crippen molar-refractivity contribution in [2.75, 3.05) is 0 Å². The van der Waals surface area contributed by atoms with Crippen LogP contribution in [0.5, 0.6) is 0 Å². The predicted molar refractivity (Wildman–Crippen MR) is 90.2 cm³/mol. The van der Waals surface area contributed by atoms with Gasteiger partial charge in [-0.2, -0.15) is 0 Å². The van der Waals surface area contributed by atoms with Gasteiger partial charge in [0.25, 0.3) is 0 Å². The molecule has 0 aliphatic heterocycles. The minimum Gasteiger partial charge on any atom is -0.459 e. The second-order valence-electron chi connectivity index (χ2n) is 5.52. The molecule has 1 aromatic heterocycles. The summed E-state index contributed by atoms with van der Waals surface area (Å²) in [5.41, 5.74) is 1.02. The predicted octanol–water partition coefficient (Wildman–Crippen LogP) is 4.68. The largest absolute Gasteiger partial charge is 0.459 e. The molecular weight excluding hydrogens is 342 g/mol. The Hall–Kier alpha value is -1.81. The summed E-state index contributed by atoms with van der Waals surface area (Å²) in [5.74, 6) is 2.07. The zero-order chi connectivity index (χ0) is 15.4. The maximum absolute atomic E-state index is 11.9. The van der Waals surface area contributed by atoms with Gasteiger partial charge >= 0.3 is 0 Å². The van der Waals surface area contributed by atoms with E-state index >= 15 is 0 Å². The van der Waals surface area contributed by atoms with Crippen molar-refractivity contribution in [1.82, 2.24) is 5.32 Å². The van der Waals surface area contributed by atoms with Crippen LogP contribution in [0.4, 0.5) is 0 Å². The van der Waals surface area contributed by atoms with Crippen molar-refractivity contribution in [1.29, 1.82) is 0 Å². The van der Waals surface area contributed by atoms with Crippen molar-refractivity contribution in [3.05, 3.63) is 58.8 Å². The molecule has 114 valence electrons. The van der Waals surface area contributed by atoms with Gasteiger partial charge in [-0.3, -0.25) is 4.79 Å². The average molecular weight is 360 g/mol. The van der Waals surface area contributed by atoms with Crippen molar-refractivity contribution in [3.8, 4) is 11.3 Å². The Morgan fingerprint density at radius 2 is 2.05 bits per heavy atom. The molecule has 0 radical (unpaired) electrons. The number of hydrogen-bond acceptors (Lipinski definition) is 2. The van der Waals surface area contributed by atoms with Gasteiger partial charge in [-0.25, -0.2) is 0 Å². The first-order valence-electron chi connectivity index (χ1n) is 7.49. The molecule has 4 heteroatoms. The van der Waals surface area contributed by atoms with Crippen LogP contribution in [0.15, 0.2) is 57.4 Å². The first-order chi connectivity index (χ1) is 10.7. The van der Waals surface area contributed by atoms with Gasteiger partial charge in [0, 0.05) is 16.5 Å². The van der Waals surface area contributed by atoms with Crippen LogP contribution in [-0.4, -0.2) is 5.91 Å². The molecule has 3 rings (SSSR count). The number of amides is 1. The van der Waals surface area contributed by atoms with Crippen molar-refractivity contribution in [3.63, 3.8) is 0 Å². The smallest absolute Gasteiger partial charge is 0.220 e. The summed E-state index contributed by atoms with van der Waals surface area (Å²) in [5, 5.41) is 2.93. The van der Waals surface area contributed by atoms with Gasteiger partial charge in [-0.1, -0.05) is 40.2 Å². The summed E-state index contributed by atoms with van der Waals surface area (Å²) in [6.45, 7) is 0.436. The Labute approximate surface area is 138 Å². The van der Waals surface area contributed by atoms with Crippen molar-refractivity contribution in [2.24, 2.45) is 5.92 Å². The Kier molecular flexibility index (Phi) is 4.78. The lowest BCUT2D eigenvalue weighted by Crippen LogP contribution is -2.24. The van der Waals surface area contributed by atoms with Crippen molar-refractivity contribution < 1.29 is 9.21 Å². The van der Waals surface area contributed by atoms with E-state index in [1.54, 1.807) is 0 Å². The highest BCUT2D eigenvalue weighted by atomic mass is 79.9. The lowest BCUT2D eigenvalue weighted by Gasteiger charge is -2.07. The molecule has 1 N–H and O–H groups in total. The van der Waals surface area contributed by atoms with E-state index in [0.29, 0.717) is 18.9 Å². The fraction of sp³-hybridized carbons (Fsp3) is 0.278. The molecule has 0 bridgehead atoms. The number of rotatable bonds is 5. The van der Waals surface area contributed by atoms with Crippen LogP contribution in [0.3, 0.4) is 0 Å². The maximum atomic E-state index is 11.9. The first-order valence-corrected chi connectivity index (χ1v) is 8.28. The highest BCUT2D eigenvalue weighted by molar-refractivity contribution is 9.10. The highest BCUT2D eigenvalue weighted by Crippen LogP contribution is 2.24. The zero-order valence-electron chi connectivity index (χ0n) is 12.2. The Balaban J connectivity index is 1.54. The van der Waals surface area contributed by atoms with Crippen molar-refractivity contribution >= 4 is 21.8 Å². The molecule has 1 amide bonds. The van der Waals surface area contributed by atoms with Crippen LogP contribution in [0.1, 0.15) is 25.0 Å². The summed E-state index contributed by atoms with van der Waals surface area (Å²) in [7, 11) is 0. The summed E-state index contributed by atoms with van der Waals surface area (Å²) < 4.78 is 6.82. The van der Waals surface area contributed by atoms with Crippen LogP contribution < -0.4 is 5.32 Å². The lowest BCUT2D eigenvalue weighted by atomic mass is 10.1. The number of allylic oxidation sites excluding steroid dienone is 2. The number of carbonyl (C=O) groups excluding carboxylic acids is 1. The van der Waals surface area contributed by atoms with Gasteiger partial charge in [0.2, 0.25) is 5.91 Å². The monoisotopic (exact) mass is 359 g/mol. The number of hydrogen-bond donors (Lipinski definition) is 1. The van der Waals surface area contributed by atoms with Gasteiger partial charge in [-0.15, -0.1) is 0 Å². The van der Waals surface area contributed by atoms with Crippen LogP contribution in [0.2, 0.25) is 0 Å². The molecular formula is C18H18BrNO2. The SMILES string of the molecule is O=C(C[C@H]1C=CCC1)NCc1ccc(-c2ccc(Br)cc2)o1. The molecule has 1 aliphatic carbocycles. The Morgan fingerprint density at radius 3 is 2.77 bits per heavy atom. The molecule has 1 aliphatic rings. The van der Waals surface area contributed by atoms with E-state index in [2.05, 4.69) is 33.4 Å². The summed E-state index contributed by atoms with van der Waals surface area (Å²) in [4.78, 5) is 11.9. The molecule has 0 spiro atoms. The minimum atomic E-state index is 0.0816. The van der Waals surface area contributed by atoms with Gasteiger partial charge in [0.1, 0.15) is 11.5 Å². The third kappa shape index (κ3) is 3.89. The van der Waals surface area contributed by atoms with Crippen LogP contribution in [0.25, 0.3) is 11.3 Å². The van der Waals surface area contributed by atoms with Crippen molar-refractivity contribution in [2.45, 2.75) is 25.8 Å². The number of nitrogens with one attached hydrogen (secondary N) is 1. The van der Waals surface area contributed by atoms with Gasteiger partial charge < -0.3 is 9.73 Å². The quantitative estimate of drug-likeness (QED) is 0.787. The van der Waals surface area contributed by atoms with Gasteiger partial charge in [0.15, 0.2) is 0 Å². The molecule has 3 nitrogen and oxygen atoms in total. The molecule has 0 saturated heterocycles. The van der Waals surface area contributed by atoms with E-state index in [1.165, 1.54) is 0 Å². The standard InChI is InChI=1S/C18H18BrNO2/c19-15-7-5-14(6-8-15)17-10-9-16(22-17)12-20-18(21)11-13-3-1-2-4-13/h1,3,5-10,13H,2,4,11-12H2,(H,20,21)/t13-/m0/s1. The summed E-state index contributed by atoms with van der Waals surface area (Å²) in [6, 6.07) is 11.8. The Morgan fingerprint density at radius 1 is 1.23 bits per heavy atom. The fourth-order valence-corrected chi connectivity index (χ4v) is 2.87. The molecule has 0 unspecified atom stereocenters. The third-order valence-corrected chi connectivity index (χ3v) is 4.34. The van der Waals surface area contributed by atoms with Crippen LogP contribution in [0, 0.1) is 5.92 Å². The molecule has 1 atom stereocenters. The third-order valence-electron chi connectivity index (χ3n) is 3.81. The highest BCUT2D eigenvalue weighted by Gasteiger charge is 2.14. The maximum Gasteiger partial charge on any atom is 0.220 e. The molecule has 1 heterocycles. The van der Waals surface area contributed by atoms with E-state index < -0.39 is 0 Å². The molecule has 2 aromatic rings.